The van der Waals surface area contributed by atoms with Gasteiger partial charge in [0.25, 0.3) is 0 Å². The summed E-state index contributed by atoms with van der Waals surface area (Å²) in [4.78, 5) is 51.7. The SMILES string of the molecule is CC(C)(COP(=O)(O)O)[C@@H](O)C(=O)NCCC(=O)NCCNC(=O)CBr. The second kappa shape index (κ2) is 11.6. The third kappa shape index (κ3) is 11.6. The van der Waals surface area contributed by atoms with Crippen molar-refractivity contribution >= 4 is 41.5 Å². The number of nitrogens with one attached hydrogen (secondary N) is 3. The summed E-state index contributed by atoms with van der Waals surface area (Å²) in [6.07, 6.45) is -1.62. The van der Waals surface area contributed by atoms with Crippen molar-refractivity contribution in [1.29, 1.82) is 0 Å². The summed E-state index contributed by atoms with van der Waals surface area (Å²) in [5, 5.41) is 17.6. The van der Waals surface area contributed by atoms with E-state index in [0.29, 0.717) is 0 Å². The molecule has 1 atom stereocenters. The number of carbonyl (C=O) groups is 3. The maximum Gasteiger partial charge on any atom is 0.469 e. The summed E-state index contributed by atoms with van der Waals surface area (Å²) in [5.74, 6) is -1.34. The van der Waals surface area contributed by atoms with E-state index in [9.17, 15) is 24.1 Å². The number of carbonyl (C=O) groups excluding carboxylic acids is 3. The molecule has 0 aliphatic heterocycles. The molecule has 152 valence electrons. The monoisotopic (exact) mass is 461 g/mol. The fourth-order valence-corrected chi connectivity index (χ4v) is 2.32. The summed E-state index contributed by atoms with van der Waals surface area (Å²) < 4.78 is 15.0. The first kappa shape index (κ1) is 25.0. The van der Waals surface area contributed by atoms with Crippen LogP contribution in [0.2, 0.25) is 0 Å². The van der Waals surface area contributed by atoms with Crippen molar-refractivity contribution in [3.63, 3.8) is 0 Å². The van der Waals surface area contributed by atoms with Crippen LogP contribution in [0, 0.1) is 5.41 Å². The molecule has 0 heterocycles. The summed E-state index contributed by atoms with van der Waals surface area (Å²) in [6.45, 7) is 2.75. The average molecular weight is 462 g/mol. The number of aliphatic hydroxyl groups excluding tert-OH is 1. The molecular formula is C13H25BrN3O8P. The number of hydrogen-bond donors (Lipinski definition) is 6. The largest absolute Gasteiger partial charge is 0.469 e. The van der Waals surface area contributed by atoms with Gasteiger partial charge >= 0.3 is 7.82 Å². The second-order valence-corrected chi connectivity index (χ2v) is 7.83. The van der Waals surface area contributed by atoms with E-state index in [-0.39, 0.29) is 43.2 Å². The highest BCUT2D eigenvalue weighted by Gasteiger charge is 2.35. The van der Waals surface area contributed by atoms with Crippen LogP contribution >= 0.6 is 23.8 Å². The van der Waals surface area contributed by atoms with E-state index < -0.39 is 31.9 Å². The van der Waals surface area contributed by atoms with Crippen molar-refractivity contribution in [2.45, 2.75) is 26.4 Å². The Labute approximate surface area is 159 Å². The number of rotatable bonds is 12. The molecule has 0 aliphatic carbocycles. The zero-order valence-electron chi connectivity index (χ0n) is 14.5. The van der Waals surface area contributed by atoms with E-state index in [1.54, 1.807) is 0 Å². The molecule has 0 bridgehead atoms. The molecule has 6 N–H and O–H groups in total. The number of amides is 3. The Hall–Kier alpha value is -1.04. The van der Waals surface area contributed by atoms with Gasteiger partial charge in [0.05, 0.1) is 11.9 Å². The molecule has 0 aliphatic rings. The van der Waals surface area contributed by atoms with Crippen molar-refractivity contribution in [2.75, 3.05) is 31.6 Å². The summed E-state index contributed by atoms with van der Waals surface area (Å²) in [6, 6.07) is 0. The summed E-state index contributed by atoms with van der Waals surface area (Å²) >= 11 is 2.98. The van der Waals surface area contributed by atoms with Crippen LogP contribution in [0.1, 0.15) is 20.3 Å². The molecule has 0 saturated heterocycles. The molecule has 0 rings (SSSR count). The molecule has 11 nitrogen and oxygen atoms in total. The lowest BCUT2D eigenvalue weighted by atomic mass is 9.87. The molecule has 0 radical (unpaired) electrons. The first-order valence-electron chi connectivity index (χ1n) is 7.64. The van der Waals surface area contributed by atoms with Crippen molar-refractivity contribution in [3.8, 4) is 0 Å². The highest BCUT2D eigenvalue weighted by Crippen LogP contribution is 2.38. The first-order valence-corrected chi connectivity index (χ1v) is 10.3. The third-order valence-corrected chi connectivity index (χ3v) is 4.11. The topological polar surface area (TPSA) is 174 Å². The molecular weight excluding hydrogens is 437 g/mol. The van der Waals surface area contributed by atoms with E-state index in [1.807, 2.05) is 0 Å². The standard InChI is InChI=1S/C13H25BrN3O8P/c1-13(2,8-25-26(22,23)24)11(20)12(21)17-4-3-9(18)15-5-6-16-10(19)7-14/h11,20H,3-8H2,1-2H3,(H,15,18)(H,16,19)(H,17,21)(H2,22,23,24)/t11-/m0/s1. The predicted octanol–water partition coefficient (Wildman–Crippen LogP) is -1.38. The van der Waals surface area contributed by atoms with E-state index >= 15 is 0 Å². The molecule has 0 fully saturated rings. The lowest BCUT2D eigenvalue weighted by molar-refractivity contribution is -0.137. The molecule has 3 amide bonds. The van der Waals surface area contributed by atoms with E-state index in [1.165, 1.54) is 13.8 Å². The number of hydrogen-bond acceptors (Lipinski definition) is 6. The van der Waals surface area contributed by atoms with Gasteiger partial charge in [-0.15, -0.1) is 0 Å². The van der Waals surface area contributed by atoms with Crippen LogP contribution < -0.4 is 16.0 Å². The van der Waals surface area contributed by atoms with Gasteiger partial charge < -0.3 is 30.8 Å². The van der Waals surface area contributed by atoms with Crippen molar-refractivity contribution < 1.29 is 38.4 Å². The normalized spacial score (nSPS) is 13.0. The van der Waals surface area contributed by atoms with Crippen molar-refractivity contribution in [1.82, 2.24) is 16.0 Å². The average Bonchev–Trinajstić information content (AvgIpc) is 2.55. The van der Waals surface area contributed by atoms with E-state index in [4.69, 9.17) is 9.79 Å². The van der Waals surface area contributed by atoms with Gasteiger partial charge in [-0.3, -0.25) is 18.9 Å². The van der Waals surface area contributed by atoms with Gasteiger partial charge in [-0.2, -0.15) is 0 Å². The lowest BCUT2D eigenvalue weighted by Gasteiger charge is -2.29. The zero-order valence-corrected chi connectivity index (χ0v) is 17.0. The molecule has 0 unspecified atom stereocenters. The van der Waals surface area contributed by atoms with Gasteiger partial charge in [0.1, 0.15) is 6.10 Å². The zero-order chi connectivity index (χ0) is 20.4. The molecule has 26 heavy (non-hydrogen) atoms. The fraction of sp³-hybridized carbons (Fsp3) is 0.769. The predicted molar refractivity (Wildman–Crippen MR) is 95.2 cm³/mol. The number of alkyl halides is 1. The van der Waals surface area contributed by atoms with Gasteiger partial charge in [0.15, 0.2) is 0 Å². The minimum Gasteiger partial charge on any atom is -0.383 e. The Kier molecular flexibility index (Phi) is 11.2. The van der Waals surface area contributed by atoms with Crippen LogP contribution in [0.5, 0.6) is 0 Å². The quantitative estimate of drug-likeness (QED) is 0.117. The van der Waals surface area contributed by atoms with Crippen LogP contribution in [-0.4, -0.2) is 70.3 Å². The minimum atomic E-state index is -4.71. The van der Waals surface area contributed by atoms with Crippen LogP contribution in [0.15, 0.2) is 0 Å². The van der Waals surface area contributed by atoms with Crippen LogP contribution in [0.25, 0.3) is 0 Å². The van der Waals surface area contributed by atoms with Gasteiger partial charge in [-0.1, -0.05) is 29.8 Å². The maximum atomic E-state index is 11.9. The lowest BCUT2D eigenvalue weighted by Crippen LogP contribution is -2.46. The van der Waals surface area contributed by atoms with E-state index in [0.717, 1.165) is 0 Å². The highest BCUT2D eigenvalue weighted by molar-refractivity contribution is 9.09. The smallest absolute Gasteiger partial charge is 0.383 e. The Morgan fingerprint density at radius 1 is 1.08 bits per heavy atom. The van der Waals surface area contributed by atoms with Crippen molar-refractivity contribution in [2.24, 2.45) is 5.41 Å². The van der Waals surface area contributed by atoms with Crippen molar-refractivity contribution in [3.05, 3.63) is 0 Å². The number of halogens is 1. The molecule has 0 saturated carbocycles. The molecule has 0 aromatic heterocycles. The Morgan fingerprint density at radius 2 is 1.62 bits per heavy atom. The van der Waals surface area contributed by atoms with Crippen LogP contribution in [-0.2, 0) is 23.5 Å². The number of phosphoric acid groups is 1. The van der Waals surface area contributed by atoms with E-state index in [2.05, 4.69) is 36.4 Å². The van der Waals surface area contributed by atoms with Gasteiger partial charge in [0.2, 0.25) is 17.7 Å². The maximum absolute atomic E-state index is 11.9. The minimum absolute atomic E-state index is 0.0368. The molecule has 0 spiro atoms. The Morgan fingerprint density at radius 3 is 2.12 bits per heavy atom. The highest BCUT2D eigenvalue weighted by atomic mass is 79.9. The Balaban J connectivity index is 4.10. The van der Waals surface area contributed by atoms with Crippen LogP contribution in [0.4, 0.5) is 0 Å². The number of phosphoric ester groups is 1. The van der Waals surface area contributed by atoms with Gasteiger partial charge in [-0.25, -0.2) is 4.57 Å². The summed E-state index contributed by atoms with van der Waals surface area (Å²) in [5.41, 5.74) is -1.25. The van der Waals surface area contributed by atoms with Gasteiger partial charge in [0, 0.05) is 31.5 Å². The fourth-order valence-electron chi connectivity index (χ4n) is 1.62. The van der Waals surface area contributed by atoms with Gasteiger partial charge in [-0.05, 0) is 0 Å². The molecule has 0 aromatic carbocycles. The van der Waals surface area contributed by atoms with Crippen LogP contribution in [0.3, 0.4) is 0 Å². The first-order chi connectivity index (χ1) is 11.9. The molecule has 13 heteroatoms. The summed E-state index contributed by atoms with van der Waals surface area (Å²) in [7, 11) is -4.71. The second-order valence-electron chi connectivity index (χ2n) is 6.03. The molecule has 0 aromatic rings. The third-order valence-electron chi connectivity index (χ3n) is 3.14. The Bertz CT molecular complexity index is 539. The number of aliphatic hydroxyl groups is 1.